The molecule has 2 aromatic heterocycles. The Morgan fingerprint density at radius 1 is 1.38 bits per heavy atom. The first-order chi connectivity index (χ1) is 16.4. The number of nitriles is 1. The Bertz CT molecular complexity index is 1130. The second-order valence-electron chi connectivity index (χ2n) is 9.48. The molecule has 8 heteroatoms. The minimum Gasteiger partial charge on any atom is -0.396 e. The molecule has 1 atom stereocenters. The number of hydrogen-bond donors (Lipinski definition) is 1. The van der Waals surface area contributed by atoms with Gasteiger partial charge in [0.15, 0.2) is 0 Å². The second kappa shape index (κ2) is 9.90. The Balaban J connectivity index is 1.77. The highest BCUT2D eigenvalue weighted by molar-refractivity contribution is 5.78. The van der Waals surface area contributed by atoms with Crippen LogP contribution in [0.25, 0.3) is 17.3 Å². The zero-order chi connectivity index (χ0) is 24.4. The van der Waals surface area contributed by atoms with Gasteiger partial charge in [0, 0.05) is 37.5 Å². The van der Waals surface area contributed by atoms with E-state index < -0.39 is 0 Å². The Kier molecular flexibility index (Phi) is 6.94. The largest absolute Gasteiger partial charge is 0.396 e. The predicted octanol–water partition coefficient (Wildman–Crippen LogP) is 3.29. The van der Waals surface area contributed by atoms with Crippen molar-refractivity contribution in [3.63, 3.8) is 0 Å². The van der Waals surface area contributed by atoms with Crippen LogP contribution in [0.2, 0.25) is 0 Å². The molecule has 2 fully saturated rings. The molecular formula is C26H32N6O2. The van der Waals surface area contributed by atoms with E-state index in [1.54, 1.807) is 12.3 Å². The Hall–Kier alpha value is -3.31. The van der Waals surface area contributed by atoms with Crippen molar-refractivity contribution in [1.29, 1.82) is 5.26 Å². The number of rotatable bonds is 7. The quantitative estimate of drug-likeness (QED) is 0.676. The summed E-state index contributed by atoms with van der Waals surface area (Å²) >= 11 is 0. The molecule has 178 valence electrons. The van der Waals surface area contributed by atoms with Crippen LogP contribution >= 0.6 is 0 Å². The van der Waals surface area contributed by atoms with Crippen LogP contribution < -0.4 is 4.90 Å². The van der Waals surface area contributed by atoms with Crippen LogP contribution in [-0.4, -0.2) is 63.4 Å². The number of aliphatic hydroxyl groups is 1. The fourth-order valence-electron chi connectivity index (χ4n) is 4.79. The summed E-state index contributed by atoms with van der Waals surface area (Å²) in [5, 5.41) is 27.9. The Morgan fingerprint density at radius 3 is 2.76 bits per heavy atom. The van der Waals surface area contributed by atoms with Crippen molar-refractivity contribution in [2.45, 2.75) is 52.0 Å². The van der Waals surface area contributed by atoms with Gasteiger partial charge in [0.25, 0.3) is 0 Å². The van der Waals surface area contributed by atoms with Gasteiger partial charge in [-0.15, -0.1) is 0 Å². The van der Waals surface area contributed by atoms with Crippen molar-refractivity contribution < 1.29 is 9.90 Å². The number of anilines is 1. The van der Waals surface area contributed by atoms with Crippen LogP contribution in [0.4, 0.5) is 5.82 Å². The second-order valence-corrected chi connectivity index (χ2v) is 9.48. The molecule has 1 amide bonds. The molecule has 1 saturated heterocycles. The molecule has 1 aliphatic carbocycles. The number of carbonyl (C=O) groups excluding carboxylic acids is 1. The van der Waals surface area contributed by atoms with Gasteiger partial charge in [-0.1, -0.05) is 26.5 Å². The van der Waals surface area contributed by atoms with Crippen LogP contribution in [0.15, 0.2) is 18.8 Å². The van der Waals surface area contributed by atoms with Crippen molar-refractivity contribution in [3.05, 3.63) is 41.2 Å². The third-order valence-electron chi connectivity index (χ3n) is 6.83. The highest BCUT2D eigenvalue weighted by Gasteiger charge is 2.36. The number of hydrogen-bond acceptors (Lipinski definition) is 7. The standard InChI is InChI=1S/C26H32N6O2/c1-5-18-12-21(30-28-14-18)24-17(4)20(13-27)26(29-25(24)19-6-7-19)31-9-10-32(23(34)8-11-33)22(15-31)16(2)3/h5,12,14,16,19,22,33H,1,6-11,15H2,2-4H3/t22-/m0/s1. The van der Waals surface area contributed by atoms with E-state index in [0.29, 0.717) is 42.6 Å². The summed E-state index contributed by atoms with van der Waals surface area (Å²) in [5.41, 5.74) is 4.87. The topological polar surface area (TPSA) is 106 Å². The molecule has 2 aromatic rings. The minimum absolute atomic E-state index is 0.0133. The first-order valence-corrected chi connectivity index (χ1v) is 11.9. The summed E-state index contributed by atoms with van der Waals surface area (Å²) in [4.78, 5) is 21.7. The average Bonchev–Trinajstić information content (AvgIpc) is 3.68. The number of pyridine rings is 1. The van der Waals surface area contributed by atoms with Crippen molar-refractivity contribution >= 4 is 17.8 Å². The molecule has 1 aliphatic heterocycles. The molecule has 4 rings (SSSR count). The van der Waals surface area contributed by atoms with Crippen LogP contribution in [0.5, 0.6) is 0 Å². The lowest BCUT2D eigenvalue weighted by molar-refractivity contribution is -0.135. The molecule has 0 radical (unpaired) electrons. The zero-order valence-electron chi connectivity index (χ0n) is 20.2. The van der Waals surface area contributed by atoms with Crippen LogP contribution in [0.3, 0.4) is 0 Å². The molecule has 0 unspecified atom stereocenters. The van der Waals surface area contributed by atoms with Gasteiger partial charge < -0.3 is 14.9 Å². The lowest BCUT2D eigenvalue weighted by atomic mass is 9.95. The first kappa shape index (κ1) is 23.8. The number of aliphatic hydroxyl groups excluding tert-OH is 1. The summed E-state index contributed by atoms with van der Waals surface area (Å²) in [6.45, 7) is 11.6. The van der Waals surface area contributed by atoms with Gasteiger partial charge in [-0.2, -0.15) is 15.5 Å². The SMILES string of the molecule is C=Cc1cnnc(-c2c(C3CC3)nc(N3CCN(C(=O)CCO)[C@H](C(C)C)C3)c(C#N)c2C)c1. The number of carbonyl (C=O) groups is 1. The van der Waals surface area contributed by atoms with Crippen LogP contribution in [0, 0.1) is 24.2 Å². The fraction of sp³-hybridized carbons (Fsp3) is 0.500. The van der Waals surface area contributed by atoms with Crippen molar-refractivity contribution in [2.75, 3.05) is 31.1 Å². The summed E-state index contributed by atoms with van der Waals surface area (Å²) in [6, 6.07) is 4.33. The van der Waals surface area contributed by atoms with E-state index >= 15 is 0 Å². The predicted molar refractivity (Wildman–Crippen MR) is 131 cm³/mol. The summed E-state index contributed by atoms with van der Waals surface area (Å²) in [5.74, 6) is 1.25. The highest BCUT2D eigenvalue weighted by Crippen LogP contribution is 2.46. The van der Waals surface area contributed by atoms with Crippen LogP contribution in [0.1, 0.15) is 61.4 Å². The monoisotopic (exact) mass is 460 g/mol. The number of nitrogens with zero attached hydrogens (tertiary/aromatic N) is 6. The molecule has 1 saturated carbocycles. The third-order valence-corrected chi connectivity index (χ3v) is 6.83. The summed E-state index contributed by atoms with van der Waals surface area (Å²) in [6.07, 6.45) is 5.67. The maximum atomic E-state index is 12.6. The average molecular weight is 461 g/mol. The molecule has 1 N–H and O–H groups in total. The summed E-state index contributed by atoms with van der Waals surface area (Å²) < 4.78 is 0. The smallest absolute Gasteiger partial charge is 0.225 e. The number of aromatic nitrogens is 3. The van der Waals surface area contributed by atoms with Gasteiger partial charge in [0.05, 0.1) is 35.8 Å². The van der Waals surface area contributed by atoms with Gasteiger partial charge in [-0.3, -0.25) is 4.79 Å². The van der Waals surface area contributed by atoms with Gasteiger partial charge in [-0.25, -0.2) is 4.98 Å². The van der Waals surface area contributed by atoms with E-state index in [0.717, 1.165) is 35.2 Å². The fourth-order valence-corrected chi connectivity index (χ4v) is 4.79. The van der Waals surface area contributed by atoms with E-state index in [2.05, 4.69) is 41.6 Å². The Labute approximate surface area is 200 Å². The molecule has 2 aliphatic rings. The van der Waals surface area contributed by atoms with E-state index in [-0.39, 0.29) is 30.9 Å². The molecule has 8 nitrogen and oxygen atoms in total. The van der Waals surface area contributed by atoms with Crippen molar-refractivity contribution in [1.82, 2.24) is 20.1 Å². The Morgan fingerprint density at radius 2 is 2.15 bits per heavy atom. The van der Waals surface area contributed by atoms with Gasteiger partial charge in [0.2, 0.25) is 5.91 Å². The van der Waals surface area contributed by atoms with Crippen molar-refractivity contribution in [2.24, 2.45) is 5.92 Å². The van der Waals surface area contributed by atoms with Gasteiger partial charge in [-0.05, 0) is 42.9 Å². The molecule has 0 spiro atoms. The summed E-state index contributed by atoms with van der Waals surface area (Å²) in [7, 11) is 0. The van der Waals surface area contributed by atoms with Crippen molar-refractivity contribution in [3.8, 4) is 17.3 Å². The van der Waals surface area contributed by atoms with E-state index in [4.69, 9.17) is 4.98 Å². The van der Waals surface area contributed by atoms with E-state index in [1.807, 2.05) is 17.9 Å². The van der Waals surface area contributed by atoms with E-state index in [1.165, 1.54) is 0 Å². The normalized spacial score (nSPS) is 18.2. The molecular weight excluding hydrogens is 428 g/mol. The van der Waals surface area contributed by atoms with Crippen LogP contribution in [-0.2, 0) is 4.79 Å². The molecule has 0 aromatic carbocycles. The highest BCUT2D eigenvalue weighted by atomic mass is 16.3. The molecule has 34 heavy (non-hydrogen) atoms. The lowest BCUT2D eigenvalue weighted by Gasteiger charge is -2.44. The van der Waals surface area contributed by atoms with Gasteiger partial charge >= 0.3 is 0 Å². The zero-order valence-corrected chi connectivity index (χ0v) is 20.2. The lowest BCUT2D eigenvalue weighted by Crippen LogP contribution is -2.57. The maximum absolute atomic E-state index is 12.6. The number of piperazine rings is 1. The minimum atomic E-state index is -0.147. The molecule has 0 bridgehead atoms. The third kappa shape index (κ3) is 4.53. The maximum Gasteiger partial charge on any atom is 0.225 e. The van der Waals surface area contributed by atoms with Gasteiger partial charge in [0.1, 0.15) is 11.9 Å². The number of amides is 1. The van der Waals surface area contributed by atoms with E-state index in [9.17, 15) is 15.2 Å². The first-order valence-electron chi connectivity index (χ1n) is 11.9. The molecule has 3 heterocycles.